The number of nitrogens with zero attached hydrogens (tertiary/aromatic N) is 4. The number of hydrogen-bond acceptors (Lipinski definition) is 6. The Balaban J connectivity index is 1.75. The van der Waals surface area contributed by atoms with Crippen LogP contribution < -0.4 is 4.74 Å². The van der Waals surface area contributed by atoms with Crippen molar-refractivity contribution in [3.8, 4) is 5.88 Å². The quantitative estimate of drug-likeness (QED) is 0.887. The van der Waals surface area contributed by atoms with Gasteiger partial charge in [0.15, 0.2) is 0 Å². The Morgan fingerprint density at radius 2 is 2.23 bits per heavy atom. The van der Waals surface area contributed by atoms with E-state index in [4.69, 9.17) is 4.74 Å². The first-order valence-electron chi connectivity index (χ1n) is 6.94. The van der Waals surface area contributed by atoms with E-state index in [1.807, 2.05) is 0 Å². The molecule has 118 valence electrons. The van der Waals surface area contributed by atoms with Gasteiger partial charge in [-0.1, -0.05) is 0 Å². The number of ether oxygens (including phenoxy) is 1. The summed E-state index contributed by atoms with van der Waals surface area (Å²) in [6.07, 6.45) is 1.95. The van der Waals surface area contributed by atoms with Gasteiger partial charge < -0.3 is 4.74 Å². The Morgan fingerprint density at radius 1 is 1.41 bits per heavy atom. The minimum atomic E-state index is -3.56. The average molecular weight is 323 g/mol. The van der Waals surface area contributed by atoms with Crippen LogP contribution in [0.4, 0.5) is 0 Å². The average Bonchev–Trinajstić information content (AvgIpc) is 3.08. The molecule has 3 rings (SSSR count). The normalized spacial score (nSPS) is 19.5. The van der Waals surface area contributed by atoms with Gasteiger partial charge >= 0.3 is 0 Å². The molecule has 0 aromatic carbocycles. The van der Waals surface area contributed by atoms with Crippen LogP contribution in [0.15, 0.2) is 23.2 Å². The van der Waals surface area contributed by atoms with E-state index in [0.717, 1.165) is 0 Å². The van der Waals surface area contributed by atoms with E-state index in [2.05, 4.69) is 20.4 Å². The fourth-order valence-electron chi connectivity index (χ4n) is 2.58. The van der Waals surface area contributed by atoms with Gasteiger partial charge in [0.2, 0.25) is 15.9 Å². The highest BCUT2D eigenvalue weighted by molar-refractivity contribution is 7.89. The van der Waals surface area contributed by atoms with Gasteiger partial charge in [-0.3, -0.25) is 5.10 Å². The molecule has 0 saturated carbocycles. The van der Waals surface area contributed by atoms with Gasteiger partial charge in [-0.25, -0.2) is 8.42 Å². The van der Waals surface area contributed by atoms with Crippen LogP contribution in [0.1, 0.15) is 17.8 Å². The fraction of sp³-hybridized carbons (Fsp3) is 0.462. The summed E-state index contributed by atoms with van der Waals surface area (Å²) >= 11 is 0. The van der Waals surface area contributed by atoms with Crippen LogP contribution in [0.3, 0.4) is 0 Å². The molecule has 2 aromatic rings. The second-order valence-corrected chi connectivity index (χ2v) is 7.09. The molecule has 0 spiro atoms. The van der Waals surface area contributed by atoms with E-state index in [0.29, 0.717) is 36.8 Å². The van der Waals surface area contributed by atoms with Gasteiger partial charge in [0.05, 0.1) is 17.9 Å². The number of aromatic nitrogens is 4. The number of H-pyrrole nitrogens is 1. The maximum absolute atomic E-state index is 12.7. The smallest absolute Gasteiger partial charge is 0.246 e. The molecule has 3 heterocycles. The standard InChI is InChI=1S/C13H17N5O3S/c1-9-13(10(2)16-15-9)22(19,20)18-7-5-11(8-18)21-12-4-3-6-14-17-12/h3-4,6,11H,5,7-8H2,1-2H3,(H,15,16). The van der Waals surface area contributed by atoms with Crippen molar-refractivity contribution in [2.45, 2.75) is 31.3 Å². The van der Waals surface area contributed by atoms with E-state index < -0.39 is 10.0 Å². The summed E-state index contributed by atoms with van der Waals surface area (Å²) in [6.45, 7) is 4.09. The Morgan fingerprint density at radius 3 is 2.86 bits per heavy atom. The zero-order valence-electron chi connectivity index (χ0n) is 12.4. The number of rotatable bonds is 4. The Kier molecular flexibility index (Phi) is 3.83. The van der Waals surface area contributed by atoms with Crippen molar-refractivity contribution in [3.63, 3.8) is 0 Å². The van der Waals surface area contributed by atoms with Crippen LogP contribution in [-0.4, -0.2) is 52.3 Å². The van der Waals surface area contributed by atoms with Crippen LogP contribution in [-0.2, 0) is 10.0 Å². The highest BCUT2D eigenvalue weighted by Crippen LogP contribution is 2.26. The molecular weight excluding hydrogens is 306 g/mol. The van der Waals surface area contributed by atoms with Crippen molar-refractivity contribution < 1.29 is 13.2 Å². The van der Waals surface area contributed by atoms with Gasteiger partial charge in [-0.15, -0.1) is 5.10 Å². The monoisotopic (exact) mass is 323 g/mol. The van der Waals surface area contributed by atoms with Crippen molar-refractivity contribution in [2.75, 3.05) is 13.1 Å². The molecule has 1 unspecified atom stereocenters. The summed E-state index contributed by atoms with van der Waals surface area (Å²) in [4.78, 5) is 0.257. The third kappa shape index (κ3) is 2.69. The summed E-state index contributed by atoms with van der Waals surface area (Å²) in [7, 11) is -3.56. The molecule has 9 heteroatoms. The molecule has 1 aliphatic heterocycles. The summed E-state index contributed by atoms with van der Waals surface area (Å²) < 4.78 is 32.5. The van der Waals surface area contributed by atoms with E-state index in [1.165, 1.54) is 4.31 Å². The number of hydrogen-bond donors (Lipinski definition) is 1. The molecular formula is C13H17N5O3S. The van der Waals surface area contributed by atoms with Gasteiger partial charge in [-0.2, -0.15) is 14.5 Å². The van der Waals surface area contributed by atoms with Gasteiger partial charge in [-0.05, 0) is 26.3 Å². The van der Waals surface area contributed by atoms with Crippen molar-refractivity contribution in [1.29, 1.82) is 0 Å². The fourth-order valence-corrected chi connectivity index (χ4v) is 4.40. The molecule has 1 saturated heterocycles. The van der Waals surface area contributed by atoms with Crippen LogP contribution in [0, 0.1) is 13.8 Å². The molecule has 0 amide bonds. The van der Waals surface area contributed by atoms with Crippen molar-refractivity contribution in [2.24, 2.45) is 0 Å². The lowest BCUT2D eigenvalue weighted by molar-refractivity contribution is 0.204. The van der Waals surface area contributed by atoms with E-state index in [-0.39, 0.29) is 11.0 Å². The molecule has 1 N–H and O–H groups in total. The number of aryl methyl sites for hydroxylation is 2. The predicted molar refractivity (Wildman–Crippen MR) is 77.9 cm³/mol. The molecule has 0 aliphatic carbocycles. The minimum Gasteiger partial charge on any atom is -0.472 e. The number of nitrogens with one attached hydrogen (secondary N) is 1. The van der Waals surface area contributed by atoms with E-state index in [9.17, 15) is 8.42 Å². The van der Waals surface area contributed by atoms with Crippen molar-refractivity contribution >= 4 is 10.0 Å². The van der Waals surface area contributed by atoms with Crippen LogP contribution >= 0.6 is 0 Å². The SMILES string of the molecule is Cc1n[nH]c(C)c1S(=O)(=O)N1CCC(Oc2cccnn2)C1. The van der Waals surface area contributed by atoms with Gasteiger partial charge in [0, 0.05) is 18.8 Å². The molecule has 1 aliphatic rings. The lowest BCUT2D eigenvalue weighted by Gasteiger charge is -2.17. The molecule has 8 nitrogen and oxygen atoms in total. The third-order valence-electron chi connectivity index (χ3n) is 3.60. The van der Waals surface area contributed by atoms with Crippen molar-refractivity contribution in [3.05, 3.63) is 29.7 Å². The number of sulfonamides is 1. The maximum atomic E-state index is 12.7. The Bertz CT molecular complexity index is 740. The predicted octanol–water partition coefficient (Wildman–Crippen LogP) is 0.659. The molecule has 2 aromatic heterocycles. The largest absolute Gasteiger partial charge is 0.472 e. The lowest BCUT2D eigenvalue weighted by Crippen LogP contribution is -2.31. The summed E-state index contributed by atoms with van der Waals surface area (Å²) in [5.74, 6) is 0.405. The zero-order valence-corrected chi connectivity index (χ0v) is 13.2. The molecule has 1 atom stereocenters. The number of aromatic amines is 1. The van der Waals surface area contributed by atoms with Crippen LogP contribution in [0.5, 0.6) is 5.88 Å². The topological polar surface area (TPSA) is 101 Å². The van der Waals surface area contributed by atoms with Crippen LogP contribution in [0.25, 0.3) is 0 Å². The minimum absolute atomic E-state index is 0.223. The Hall–Kier alpha value is -2.00. The zero-order chi connectivity index (χ0) is 15.7. The first-order valence-corrected chi connectivity index (χ1v) is 8.38. The molecule has 1 fully saturated rings. The second kappa shape index (κ2) is 5.65. The third-order valence-corrected chi connectivity index (χ3v) is 5.73. The summed E-state index contributed by atoms with van der Waals surface area (Å²) in [5.41, 5.74) is 1.03. The summed E-state index contributed by atoms with van der Waals surface area (Å²) in [6, 6.07) is 3.43. The van der Waals surface area contributed by atoms with Crippen LogP contribution in [0.2, 0.25) is 0 Å². The molecule has 22 heavy (non-hydrogen) atoms. The first kappa shape index (κ1) is 14.9. The van der Waals surface area contributed by atoms with E-state index in [1.54, 1.807) is 32.2 Å². The second-order valence-electron chi connectivity index (χ2n) is 5.22. The van der Waals surface area contributed by atoms with E-state index >= 15 is 0 Å². The highest BCUT2D eigenvalue weighted by atomic mass is 32.2. The first-order chi connectivity index (χ1) is 10.5. The highest BCUT2D eigenvalue weighted by Gasteiger charge is 2.36. The summed E-state index contributed by atoms with van der Waals surface area (Å²) in [5, 5.41) is 14.3. The molecule has 0 radical (unpaired) electrons. The van der Waals surface area contributed by atoms with Gasteiger partial charge in [0.25, 0.3) is 0 Å². The molecule has 0 bridgehead atoms. The maximum Gasteiger partial charge on any atom is 0.246 e. The van der Waals surface area contributed by atoms with Crippen molar-refractivity contribution in [1.82, 2.24) is 24.7 Å². The Labute approximate surface area is 128 Å². The lowest BCUT2D eigenvalue weighted by atomic mass is 10.3. The van der Waals surface area contributed by atoms with Gasteiger partial charge in [0.1, 0.15) is 11.0 Å².